The third-order valence-corrected chi connectivity index (χ3v) is 1.99. The van der Waals surface area contributed by atoms with Gasteiger partial charge in [0, 0.05) is 5.56 Å². The smallest absolute Gasteiger partial charge is 1.00 e. The number of hydrogen-bond donors (Lipinski definition) is 1. The maximum atomic E-state index is 9.56. The van der Waals surface area contributed by atoms with Crippen LogP contribution in [0.1, 0.15) is 1.43 Å². The van der Waals surface area contributed by atoms with Gasteiger partial charge in [0.15, 0.2) is 0 Å². The number of phenolic OH excluding ortho intramolecular Hbond substituents is 1. The Kier molecular flexibility index (Phi) is 4.21. The van der Waals surface area contributed by atoms with Gasteiger partial charge in [-0.05, 0) is 11.6 Å². The van der Waals surface area contributed by atoms with Gasteiger partial charge in [-0.3, -0.25) is 0 Å². The molecule has 66 valence electrons. The van der Waals surface area contributed by atoms with Crippen molar-refractivity contribution in [2.75, 3.05) is 0 Å². The van der Waals surface area contributed by atoms with Gasteiger partial charge >= 0.3 is 29.6 Å². The van der Waals surface area contributed by atoms with Gasteiger partial charge in [-0.1, -0.05) is 48.5 Å². The fourth-order valence-corrected chi connectivity index (χ4v) is 1.34. The predicted octanol–water partition coefficient (Wildman–Crippen LogP) is 0.176. The number of rotatable bonds is 1. The molecule has 0 spiro atoms. The zero-order valence-corrected chi connectivity index (χ0v) is 10.1. The van der Waals surface area contributed by atoms with Crippen LogP contribution in [0.2, 0.25) is 0 Å². The summed E-state index contributed by atoms with van der Waals surface area (Å²) in [6.45, 7) is 0. The number of para-hydroxylation sites is 1. The molecule has 2 aromatic rings. The SMILES string of the molecule is Oc1ccccc1-c1ccccc1.[H-].[Na+]. The van der Waals surface area contributed by atoms with Crippen molar-refractivity contribution in [2.45, 2.75) is 0 Å². The number of benzene rings is 2. The normalized spacial score (nSPS) is 9.14. The Morgan fingerprint density at radius 3 is 2.00 bits per heavy atom. The monoisotopic (exact) mass is 194 g/mol. The number of phenols is 1. The Balaban J connectivity index is 0.000000980. The van der Waals surface area contributed by atoms with E-state index >= 15 is 0 Å². The van der Waals surface area contributed by atoms with E-state index in [1.807, 2.05) is 48.5 Å². The Morgan fingerprint density at radius 1 is 0.786 bits per heavy atom. The van der Waals surface area contributed by atoms with Gasteiger partial charge in [0.1, 0.15) is 5.75 Å². The Morgan fingerprint density at radius 2 is 1.36 bits per heavy atom. The fraction of sp³-hybridized carbons (Fsp3) is 0. The molecule has 0 unspecified atom stereocenters. The van der Waals surface area contributed by atoms with Crippen LogP contribution in [0.25, 0.3) is 11.1 Å². The summed E-state index contributed by atoms with van der Waals surface area (Å²) in [6, 6.07) is 17.2. The molecule has 0 heterocycles. The van der Waals surface area contributed by atoms with Crippen LogP contribution in [0.5, 0.6) is 5.75 Å². The van der Waals surface area contributed by atoms with Crippen LogP contribution in [0.15, 0.2) is 54.6 Å². The summed E-state index contributed by atoms with van der Waals surface area (Å²) in [4.78, 5) is 0. The third kappa shape index (κ3) is 2.38. The number of hydrogen-bond acceptors (Lipinski definition) is 1. The largest absolute Gasteiger partial charge is 1.00 e. The van der Waals surface area contributed by atoms with Gasteiger partial charge in [-0.25, -0.2) is 0 Å². The van der Waals surface area contributed by atoms with E-state index in [9.17, 15) is 5.11 Å². The van der Waals surface area contributed by atoms with Crippen molar-refractivity contribution in [3.63, 3.8) is 0 Å². The Labute approximate surface area is 107 Å². The van der Waals surface area contributed by atoms with Crippen LogP contribution in [0, 0.1) is 0 Å². The minimum Gasteiger partial charge on any atom is -1.00 e. The van der Waals surface area contributed by atoms with E-state index < -0.39 is 0 Å². The van der Waals surface area contributed by atoms with Gasteiger partial charge in [-0.15, -0.1) is 0 Å². The fourth-order valence-electron chi connectivity index (χ4n) is 1.34. The third-order valence-electron chi connectivity index (χ3n) is 1.99. The van der Waals surface area contributed by atoms with Crippen LogP contribution in [-0.4, -0.2) is 5.11 Å². The second kappa shape index (κ2) is 5.20. The molecule has 0 saturated heterocycles. The molecular formula is C12H11NaO. The second-order valence-corrected chi connectivity index (χ2v) is 2.88. The second-order valence-electron chi connectivity index (χ2n) is 2.88. The quantitative estimate of drug-likeness (QED) is 0.642. The predicted molar refractivity (Wildman–Crippen MR) is 54.7 cm³/mol. The molecule has 1 N–H and O–H groups in total. The molecule has 0 atom stereocenters. The number of aromatic hydroxyl groups is 1. The van der Waals surface area contributed by atoms with Crippen molar-refractivity contribution < 1.29 is 36.1 Å². The maximum absolute atomic E-state index is 9.56. The Bertz CT molecular complexity index is 403. The molecule has 0 fully saturated rings. The Hall–Kier alpha value is -0.760. The molecule has 0 amide bonds. The van der Waals surface area contributed by atoms with E-state index in [1.54, 1.807) is 6.07 Å². The summed E-state index contributed by atoms with van der Waals surface area (Å²) >= 11 is 0. The average molecular weight is 194 g/mol. The van der Waals surface area contributed by atoms with E-state index in [1.165, 1.54) is 0 Å². The van der Waals surface area contributed by atoms with Crippen molar-refractivity contribution >= 4 is 0 Å². The first-order valence-corrected chi connectivity index (χ1v) is 4.21. The van der Waals surface area contributed by atoms with E-state index in [0.29, 0.717) is 5.75 Å². The first-order valence-electron chi connectivity index (χ1n) is 4.21. The first kappa shape index (κ1) is 11.3. The van der Waals surface area contributed by atoms with Gasteiger partial charge in [-0.2, -0.15) is 0 Å². The molecule has 1 nitrogen and oxygen atoms in total. The van der Waals surface area contributed by atoms with Gasteiger partial charge in [0.05, 0.1) is 0 Å². The van der Waals surface area contributed by atoms with E-state index in [-0.39, 0.29) is 31.0 Å². The van der Waals surface area contributed by atoms with E-state index in [0.717, 1.165) is 11.1 Å². The van der Waals surface area contributed by atoms with Crippen molar-refractivity contribution in [3.8, 4) is 16.9 Å². The molecule has 0 radical (unpaired) electrons. The summed E-state index contributed by atoms with van der Waals surface area (Å²) in [5, 5.41) is 9.56. The van der Waals surface area contributed by atoms with Crippen LogP contribution in [0.4, 0.5) is 0 Å². The molecule has 0 aliphatic heterocycles. The van der Waals surface area contributed by atoms with Crippen molar-refractivity contribution in [1.29, 1.82) is 0 Å². The first-order chi connectivity index (χ1) is 6.38. The standard InChI is InChI=1S/C12H10O.Na.H/c13-12-9-5-4-8-11(12)10-6-2-1-3-7-10;;/h1-9,13H;;/q;+1;-1. The average Bonchev–Trinajstić information content (AvgIpc) is 2.20. The molecule has 2 aromatic carbocycles. The molecule has 2 rings (SSSR count). The van der Waals surface area contributed by atoms with Crippen molar-refractivity contribution in [2.24, 2.45) is 0 Å². The zero-order chi connectivity index (χ0) is 9.10. The summed E-state index contributed by atoms with van der Waals surface area (Å²) in [5.41, 5.74) is 1.92. The van der Waals surface area contributed by atoms with Crippen LogP contribution >= 0.6 is 0 Å². The topological polar surface area (TPSA) is 20.2 Å². The molecule has 0 bridgehead atoms. The van der Waals surface area contributed by atoms with E-state index in [2.05, 4.69) is 0 Å². The minimum absolute atomic E-state index is 0. The molecule has 2 heteroatoms. The molecular weight excluding hydrogens is 183 g/mol. The molecule has 0 aromatic heterocycles. The molecule has 0 aliphatic carbocycles. The van der Waals surface area contributed by atoms with Crippen molar-refractivity contribution in [1.82, 2.24) is 0 Å². The van der Waals surface area contributed by atoms with Gasteiger partial charge in [0.2, 0.25) is 0 Å². The van der Waals surface area contributed by atoms with Crippen LogP contribution < -0.4 is 29.6 Å². The molecule has 0 saturated carbocycles. The van der Waals surface area contributed by atoms with Crippen LogP contribution in [0.3, 0.4) is 0 Å². The summed E-state index contributed by atoms with van der Waals surface area (Å²) in [6.07, 6.45) is 0. The van der Waals surface area contributed by atoms with Crippen molar-refractivity contribution in [3.05, 3.63) is 54.6 Å². The van der Waals surface area contributed by atoms with Crippen LogP contribution in [-0.2, 0) is 0 Å². The maximum Gasteiger partial charge on any atom is 1.00 e. The summed E-state index contributed by atoms with van der Waals surface area (Å²) < 4.78 is 0. The minimum atomic E-state index is 0. The summed E-state index contributed by atoms with van der Waals surface area (Å²) in [7, 11) is 0. The molecule has 0 aliphatic rings. The van der Waals surface area contributed by atoms with Gasteiger partial charge in [0.25, 0.3) is 0 Å². The van der Waals surface area contributed by atoms with E-state index in [4.69, 9.17) is 0 Å². The van der Waals surface area contributed by atoms with Gasteiger partial charge < -0.3 is 6.53 Å². The summed E-state index contributed by atoms with van der Waals surface area (Å²) in [5.74, 6) is 0.328. The molecule has 14 heavy (non-hydrogen) atoms. The zero-order valence-electron chi connectivity index (χ0n) is 9.14.